The molecule has 3 aliphatic heterocycles. The molecule has 1 saturated carbocycles. The number of likely N-dealkylation sites (tertiary alicyclic amines) is 2. The smallest absolute Gasteiger partial charge is 0.241 e. The molecule has 10 heteroatoms. The Kier molecular flexibility index (Phi) is 8.25. The molecule has 6 atom stereocenters. The van der Waals surface area contributed by atoms with Gasteiger partial charge in [-0.25, -0.2) is 4.90 Å². The van der Waals surface area contributed by atoms with Crippen molar-refractivity contribution >= 4 is 29.3 Å². The molecule has 10 nitrogen and oxygen atoms in total. The van der Waals surface area contributed by atoms with Gasteiger partial charge in [0.2, 0.25) is 29.4 Å². The van der Waals surface area contributed by atoms with Crippen LogP contribution in [0.5, 0.6) is 17.2 Å². The summed E-state index contributed by atoms with van der Waals surface area (Å²) in [5, 5.41) is 10.8. The van der Waals surface area contributed by atoms with Crippen molar-refractivity contribution in [2.75, 3.05) is 32.2 Å². The molecule has 2 aliphatic carbocycles. The number of anilines is 1. The van der Waals surface area contributed by atoms with E-state index < -0.39 is 35.0 Å². The van der Waals surface area contributed by atoms with Crippen LogP contribution in [0.4, 0.5) is 5.69 Å². The van der Waals surface area contributed by atoms with Gasteiger partial charge >= 0.3 is 0 Å². The van der Waals surface area contributed by atoms with Gasteiger partial charge in [-0.15, -0.1) is 0 Å². The van der Waals surface area contributed by atoms with Crippen molar-refractivity contribution in [2.45, 2.75) is 51.1 Å². The van der Waals surface area contributed by atoms with Crippen molar-refractivity contribution in [3.63, 3.8) is 0 Å². The molecule has 264 valence electrons. The van der Waals surface area contributed by atoms with Crippen molar-refractivity contribution in [3.8, 4) is 17.2 Å². The molecule has 3 heterocycles. The molecule has 4 amide bonds. The fraction of sp³-hybridized carbons (Fsp3) is 0.415. The number of carbonyl (C=O) groups excluding carboxylic acids is 4. The van der Waals surface area contributed by atoms with E-state index in [2.05, 4.69) is 17.0 Å². The number of hydrogen-bond donors (Lipinski definition) is 1. The first-order valence-electron chi connectivity index (χ1n) is 17.9. The highest BCUT2D eigenvalue weighted by atomic mass is 16.5. The Hall–Kier alpha value is -4.96. The molecule has 0 aromatic heterocycles. The molecule has 3 saturated heterocycles. The lowest BCUT2D eigenvalue weighted by Crippen LogP contribution is -2.49. The van der Waals surface area contributed by atoms with Gasteiger partial charge in [-0.05, 0) is 73.9 Å². The second kappa shape index (κ2) is 12.7. The molecule has 0 radical (unpaired) electrons. The van der Waals surface area contributed by atoms with E-state index in [4.69, 9.17) is 9.47 Å². The minimum Gasteiger partial charge on any atom is -0.502 e. The Morgan fingerprint density at radius 1 is 0.824 bits per heavy atom. The maximum Gasteiger partial charge on any atom is 0.241 e. The first-order valence-corrected chi connectivity index (χ1v) is 17.9. The third-order valence-electron chi connectivity index (χ3n) is 12.3. The van der Waals surface area contributed by atoms with Gasteiger partial charge in [0.1, 0.15) is 0 Å². The second-order valence-electron chi connectivity index (χ2n) is 14.8. The zero-order valence-corrected chi connectivity index (χ0v) is 29.2. The summed E-state index contributed by atoms with van der Waals surface area (Å²) >= 11 is 0. The highest BCUT2D eigenvalue weighted by Gasteiger charge is 2.68. The highest BCUT2D eigenvalue weighted by Crippen LogP contribution is 2.64. The van der Waals surface area contributed by atoms with Crippen LogP contribution in [0.3, 0.4) is 0 Å². The number of phenols is 1. The molecule has 51 heavy (non-hydrogen) atoms. The van der Waals surface area contributed by atoms with Crippen molar-refractivity contribution in [2.24, 2.45) is 29.1 Å². The topological polar surface area (TPSA) is 117 Å². The Morgan fingerprint density at radius 2 is 1.45 bits per heavy atom. The number of hydrogen-bond acceptors (Lipinski definition) is 8. The number of carbonyl (C=O) groups is 4. The molecular formula is C41H43N3O7. The van der Waals surface area contributed by atoms with Crippen LogP contribution in [0.25, 0.3) is 0 Å². The molecular weight excluding hydrogens is 646 g/mol. The Bertz CT molecular complexity index is 1900. The quantitative estimate of drug-likeness (QED) is 0.263. The minimum absolute atomic E-state index is 0.126. The Labute approximate surface area is 297 Å². The lowest BCUT2D eigenvalue weighted by atomic mass is 9.51. The van der Waals surface area contributed by atoms with Crippen molar-refractivity contribution in [1.82, 2.24) is 9.80 Å². The number of nitrogens with zero attached hydrogens (tertiary/aromatic N) is 3. The van der Waals surface area contributed by atoms with Gasteiger partial charge in [-0.2, -0.15) is 0 Å². The number of para-hydroxylation sites is 1. The predicted molar refractivity (Wildman–Crippen MR) is 189 cm³/mol. The largest absolute Gasteiger partial charge is 0.502 e. The number of allylic oxidation sites excluding steroid dienone is 2. The fourth-order valence-corrected chi connectivity index (χ4v) is 9.86. The van der Waals surface area contributed by atoms with Gasteiger partial charge in [0.05, 0.1) is 43.1 Å². The number of rotatable bonds is 7. The van der Waals surface area contributed by atoms with Gasteiger partial charge in [-0.1, -0.05) is 60.2 Å². The molecule has 3 aromatic rings. The average Bonchev–Trinajstić information content (AvgIpc) is 3.52. The van der Waals surface area contributed by atoms with Crippen LogP contribution >= 0.6 is 0 Å². The number of benzene rings is 3. The third-order valence-corrected chi connectivity index (χ3v) is 12.3. The number of phenolic OH excluding ortho intramolecular Hbond substituents is 1. The normalized spacial score (nSPS) is 29.5. The van der Waals surface area contributed by atoms with Gasteiger partial charge < -0.3 is 14.6 Å². The van der Waals surface area contributed by atoms with Crippen LogP contribution in [0.2, 0.25) is 0 Å². The maximum absolute atomic E-state index is 14.7. The van der Waals surface area contributed by atoms with Crippen molar-refractivity contribution in [1.29, 1.82) is 0 Å². The van der Waals surface area contributed by atoms with Crippen LogP contribution in [0.1, 0.15) is 49.7 Å². The minimum atomic E-state index is -1.22. The van der Waals surface area contributed by atoms with Crippen molar-refractivity contribution < 1.29 is 33.8 Å². The molecule has 6 unspecified atom stereocenters. The van der Waals surface area contributed by atoms with Gasteiger partial charge in [-0.3, -0.25) is 29.0 Å². The lowest BCUT2D eigenvalue weighted by Gasteiger charge is -2.49. The highest BCUT2D eigenvalue weighted by molar-refractivity contribution is 6.24. The summed E-state index contributed by atoms with van der Waals surface area (Å²) in [6, 6.07) is 22.5. The summed E-state index contributed by atoms with van der Waals surface area (Å²) < 4.78 is 11.1. The van der Waals surface area contributed by atoms with E-state index in [-0.39, 0.29) is 53.3 Å². The summed E-state index contributed by atoms with van der Waals surface area (Å²) in [4.78, 5) is 63.1. The van der Waals surface area contributed by atoms with E-state index in [9.17, 15) is 24.3 Å². The first-order chi connectivity index (χ1) is 24.7. The van der Waals surface area contributed by atoms with Crippen LogP contribution in [-0.4, -0.2) is 71.9 Å². The monoisotopic (exact) mass is 689 g/mol. The van der Waals surface area contributed by atoms with Crippen LogP contribution < -0.4 is 14.4 Å². The third kappa shape index (κ3) is 5.09. The molecule has 0 spiro atoms. The molecule has 3 aromatic carbocycles. The van der Waals surface area contributed by atoms with Crippen LogP contribution in [0, 0.1) is 29.1 Å². The number of ether oxygens (including phenoxy) is 2. The van der Waals surface area contributed by atoms with E-state index in [1.807, 2.05) is 37.3 Å². The Balaban J connectivity index is 1.15. The summed E-state index contributed by atoms with van der Waals surface area (Å²) in [5.74, 6) is -3.70. The second-order valence-corrected chi connectivity index (χ2v) is 14.8. The molecule has 4 fully saturated rings. The zero-order chi connectivity index (χ0) is 35.6. The van der Waals surface area contributed by atoms with Gasteiger partial charge in [0.15, 0.2) is 11.5 Å². The molecule has 8 rings (SSSR count). The standard InChI is InChI=1S/C41H43N3O7/c1-41-31(38(47)44(40(41)49)26-12-8-5-9-13-26)22-30-28(35(41)25-20-32(50-2)36(45)33(21-25)51-3)14-15-29-34(30)39(48)43(37(29)46)27-16-18-42(19-17-27)23-24-10-6-4-7-11-24/h4-14,20-21,27,29-31,34-35,45H,15-19,22-23H2,1-3H3. The number of aromatic hydroxyl groups is 1. The fourth-order valence-electron chi connectivity index (χ4n) is 9.86. The van der Waals surface area contributed by atoms with E-state index >= 15 is 0 Å². The molecule has 1 N–H and O–H groups in total. The van der Waals surface area contributed by atoms with Gasteiger partial charge in [0, 0.05) is 31.6 Å². The number of imide groups is 2. The lowest BCUT2D eigenvalue weighted by molar-refractivity contribution is -0.144. The maximum atomic E-state index is 14.7. The number of methoxy groups -OCH3 is 2. The summed E-state index contributed by atoms with van der Waals surface area (Å²) in [5.41, 5.74) is 2.03. The molecule has 5 aliphatic rings. The molecule has 0 bridgehead atoms. The number of piperidine rings is 1. The van der Waals surface area contributed by atoms with Gasteiger partial charge in [0.25, 0.3) is 0 Å². The summed E-state index contributed by atoms with van der Waals surface area (Å²) in [7, 11) is 2.89. The number of amides is 4. The van der Waals surface area contributed by atoms with Crippen LogP contribution in [-0.2, 0) is 25.7 Å². The van der Waals surface area contributed by atoms with E-state index in [1.165, 1.54) is 24.7 Å². The average molecular weight is 690 g/mol. The predicted octanol–water partition coefficient (Wildman–Crippen LogP) is 5.30. The summed E-state index contributed by atoms with van der Waals surface area (Å²) in [6.45, 7) is 4.25. The van der Waals surface area contributed by atoms with E-state index in [0.717, 1.165) is 25.2 Å². The van der Waals surface area contributed by atoms with E-state index in [1.54, 1.807) is 41.3 Å². The SMILES string of the molecule is COc1cc(C2C3=CCC4C(=O)N(C5CCN(Cc6ccccc6)CC5)C(=O)C4C3CC3C(=O)N(c4ccccc4)C(=O)C32C)cc(OC)c1O. The Morgan fingerprint density at radius 3 is 2.08 bits per heavy atom. The van der Waals surface area contributed by atoms with Crippen LogP contribution in [0.15, 0.2) is 84.4 Å². The van der Waals surface area contributed by atoms with E-state index in [0.29, 0.717) is 30.5 Å². The number of fused-ring (bicyclic) bond motifs is 4. The zero-order valence-electron chi connectivity index (χ0n) is 29.2. The first kappa shape index (κ1) is 33.2. The summed E-state index contributed by atoms with van der Waals surface area (Å²) in [6.07, 6.45) is 4.12. The van der Waals surface area contributed by atoms with Crippen molar-refractivity contribution in [3.05, 3.63) is 95.6 Å².